The fourth-order valence-corrected chi connectivity index (χ4v) is 5.15. The summed E-state index contributed by atoms with van der Waals surface area (Å²) in [5, 5.41) is 5.45. The van der Waals surface area contributed by atoms with Crippen molar-refractivity contribution in [1.29, 1.82) is 0 Å². The van der Waals surface area contributed by atoms with Gasteiger partial charge in [-0.05, 0) is 54.7 Å². The first kappa shape index (κ1) is 29.3. The van der Waals surface area contributed by atoms with Gasteiger partial charge in [0, 0.05) is 24.5 Å². The predicted octanol–water partition coefficient (Wildman–Crippen LogP) is 7.12. The molecule has 0 bridgehead atoms. The number of amides is 1. The molecule has 0 fully saturated rings. The highest BCUT2D eigenvalue weighted by molar-refractivity contribution is 7.09. The van der Waals surface area contributed by atoms with Crippen LogP contribution in [0.15, 0.2) is 84.2 Å². The molecule has 4 rings (SSSR count). The van der Waals surface area contributed by atoms with Gasteiger partial charge in [0.25, 0.3) is 5.91 Å². The molecule has 1 atom stereocenters. The van der Waals surface area contributed by atoms with E-state index in [1.165, 1.54) is 29.0 Å². The number of nitrogens with one attached hydrogen (secondary N) is 1. The lowest BCUT2D eigenvalue weighted by atomic mass is 10.1. The van der Waals surface area contributed by atoms with E-state index in [-0.39, 0.29) is 18.5 Å². The Morgan fingerprint density at radius 1 is 0.950 bits per heavy atom. The maximum atomic E-state index is 13.3. The maximum Gasteiger partial charge on any atom is 0.416 e. The van der Waals surface area contributed by atoms with Crippen LogP contribution >= 0.6 is 11.3 Å². The fourth-order valence-electron chi connectivity index (χ4n) is 4.34. The molecule has 5 nitrogen and oxygen atoms in total. The van der Waals surface area contributed by atoms with E-state index in [0.717, 1.165) is 30.2 Å². The first-order valence-corrected chi connectivity index (χ1v) is 13.9. The minimum atomic E-state index is -4.41. The molecule has 9 heteroatoms. The summed E-state index contributed by atoms with van der Waals surface area (Å²) in [6.07, 6.45) is -2.74. The van der Waals surface area contributed by atoms with Crippen molar-refractivity contribution in [3.8, 4) is 5.75 Å². The summed E-state index contributed by atoms with van der Waals surface area (Å²) < 4.78 is 45.1. The minimum Gasteiger partial charge on any atom is -0.497 e. The van der Waals surface area contributed by atoms with Gasteiger partial charge < -0.3 is 10.1 Å². The third-order valence-corrected chi connectivity index (χ3v) is 7.29. The molecule has 1 N–H and O–H groups in total. The molecule has 0 saturated heterocycles. The first-order chi connectivity index (χ1) is 19.2. The summed E-state index contributed by atoms with van der Waals surface area (Å²) in [6, 6.07) is 23.0. The molecule has 1 aromatic heterocycles. The van der Waals surface area contributed by atoms with Crippen LogP contribution in [0.4, 0.5) is 13.2 Å². The van der Waals surface area contributed by atoms with Crippen LogP contribution in [-0.2, 0) is 32.2 Å². The monoisotopic (exact) mass is 567 g/mol. The molecule has 0 radical (unpaired) electrons. The van der Waals surface area contributed by atoms with Gasteiger partial charge in [-0.1, -0.05) is 60.7 Å². The Bertz CT molecular complexity index is 1370. The molecule has 0 aliphatic carbocycles. The van der Waals surface area contributed by atoms with Gasteiger partial charge in [-0.25, -0.2) is 4.98 Å². The Balaban J connectivity index is 1.43. The van der Waals surface area contributed by atoms with Crippen molar-refractivity contribution >= 4 is 17.2 Å². The molecule has 1 amide bonds. The Hall–Kier alpha value is -3.69. The van der Waals surface area contributed by atoms with Crippen LogP contribution in [0.3, 0.4) is 0 Å². The van der Waals surface area contributed by atoms with Crippen molar-refractivity contribution in [2.24, 2.45) is 0 Å². The summed E-state index contributed by atoms with van der Waals surface area (Å²) in [4.78, 5) is 19.4. The molecule has 0 aliphatic rings. The Morgan fingerprint density at radius 2 is 1.65 bits per heavy atom. The van der Waals surface area contributed by atoms with Crippen LogP contribution in [0.2, 0.25) is 0 Å². The smallest absolute Gasteiger partial charge is 0.416 e. The number of alkyl halides is 3. The molecule has 40 heavy (non-hydrogen) atoms. The molecule has 0 unspecified atom stereocenters. The zero-order chi connectivity index (χ0) is 28.5. The van der Waals surface area contributed by atoms with Gasteiger partial charge in [-0.2, -0.15) is 13.2 Å². The largest absolute Gasteiger partial charge is 0.497 e. The highest BCUT2D eigenvalue weighted by atomic mass is 32.1. The number of nitrogens with zero attached hydrogens (tertiary/aromatic N) is 2. The van der Waals surface area contributed by atoms with E-state index in [1.54, 1.807) is 18.6 Å². The zero-order valence-corrected chi connectivity index (χ0v) is 23.3. The average molecular weight is 568 g/mol. The van der Waals surface area contributed by atoms with Gasteiger partial charge in [0.1, 0.15) is 16.5 Å². The zero-order valence-electron chi connectivity index (χ0n) is 22.4. The van der Waals surface area contributed by atoms with E-state index in [4.69, 9.17) is 4.74 Å². The lowest BCUT2D eigenvalue weighted by molar-refractivity contribution is -0.137. The normalized spacial score (nSPS) is 12.3. The van der Waals surface area contributed by atoms with Gasteiger partial charge in [0.05, 0.1) is 19.2 Å². The van der Waals surface area contributed by atoms with Gasteiger partial charge in [-0.3, -0.25) is 9.69 Å². The van der Waals surface area contributed by atoms with Crippen molar-refractivity contribution in [2.45, 2.75) is 51.6 Å². The maximum absolute atomic E-state index is 13.3. The van der Waals surface area contributed by atoms with Crippen LogP contribution in [0, 0.1) is 0 Å². The number of benzene rings is 3. The number of ether oxygens (including phenoxy) is 1. The third kappa shape index (κ3) is 8.66. The number of rotatable bonds is 12. The van der Waals surface area contributed by atoms with Crippen molar-refractivity contribution in [2.75, 3.05) is 7.11 Å². The first-order valence-electron chi connectivity index (χ1n) is 13.0. The Labute approximate surface area is 236 Å². The number of halogens is 3. The van der Waals surface area contributed by atoms with E-state index >= 15 is 0 Å². The molecule has 4 aromatic rings. The SMILES string of the molecule is COc1ccc(CN(Cc2cccc(C(F)(F)F)c2)Cc2nc(C(=O)N[C@@H](C)CCc3ccccc3)cs2)cc1. The minimum absolute atomic E-state index is 0.0228. The number of aromatic nitrogens is 1. The number of aryl methyl sites for hydroxylation is 1. The second kappa shape index (κ2) is 13.6. The van der Waals surface area contributed by atoms with Gasteiger partial charge in [0.15, 0.2) is 0 Å². The topological polar surface area (TPSA) is 54.5 Å². The Morgan fingerprint density at radius 3 is 2.35 bits per heavy atom. The van der Waals surface area contributed by atoms with Crippen LogP contribution in [-0.4, -0.2) is 28.9 Å². The van der Waals surface area contributed by atoms with Crippen LogP contribution in [0.25, 0.3) is 0 Å². The molecule has 1 heterocycles. The van der Waals surface area contributed by atoms with E-state index in [0.29, 0.717) is 29.4 Å². The summed E-state index contributed by atoms with van der Waals surface area (Å²) >= 11 is 1.36. The van der Waals surface area contributed by atoms with Crippen LogP contribution in [0.1, 0.15) is 51.1 Å². The van der Waals surface area contributed by atoms with Gasteiger partial charge in [0.2, 0.25) is 0 Å². The number of methoxy groups -OCH3 is 1. The second-order valence-corrected chi connectivity index (χ2v) is 10.7. The standard InChI is InChI=1S/C31H32F3N3O2S/c1-22(11-12-23-7-4-3-5-8-23)35-30(38)28-21-40-29(36-28)20-37(18-24-13-15-27(39-2)16-14-24)19-25-9-6-10-26(17-25)31(32,33)34/h3-10,13-17,21-22H,11-12,18-20H2,1-2H3,(H,35,38)/t22-/m0/s1. The van der Waals surface area contributed by atoms with E-state index in [1.807, 2.05) is 54.3 Å². The van der Waals surface area contributed by atoms with Crippen molar-refractivity contribution in [1.82, 2.24) is 15.2 Å². The van der Waals surface area contributed by atoms with Crippen LogP contribution < -0.4 is 10.1 Å². The predicted molar refractivity (Wildman–Crippen MR) is 151 cm³/mol. The number of carbonyl (C=O) groups is 1. The molecule has 0 aliphatic heterocycles. The lowest BCUT2D eigenvalue weighted by Gasteiger charge is -2.22. The van der Waals surface area contributed by atoms with E-state index in [9.17, 15) is 18.0 Å². The fraction of sp³-hybridized carbons (Fsp3) is 0.290. The van der Waals surface area contributed by atoms with E-state index in [2.05, 4.69) is 22.4 Å². The second-order valence-electron chi connectivity index (χ2n) is 9.72. The summed E-state index contributed by atoms with van der Waals surface area (Å²) in [6.45, 7) is 3.12. The number of carbonyl (C=O) groups excluding carboxylic acids is 1. The third-order valence-electron chi connectivity index (χ3n) is 6.46. The molecular formula is C31H32F3N3O2S. The van der Waals surface area contributed by atoms with Crippen molar-refractivity contribution in [3.05, 3.63) is 117 Å². The van der Waals surface area contributed by atoms with Gasteiger partial charge >= 0.3 is 6.18 Å². The Kier molecular flexibility index (Phi) is 9.95. The average Bonchev–Trinajstić information content (AvgIpc) is 3.41. The summed E-state index contributed by atoms with van der Waals surface area (Å²) in [7, 11) is 1.59. The summed E-state index contributed by atoms with van der Waals surface area (Å²) in [5.74, 6) is 0.490. The number of thiazole rings is 1. The molecule has 0 saturated carbocycles. The highest BCUT2D eigenvalue weighted by Gasteiger charge is 2.30. The van der Waals surface area contributed by atoms with Crippen molar-refractivity contribution < 1.29 is 22.7 Å². The number of hydrogen-bond acceptors (Lipinski definition) is 5. The van der Waals surface area contributed by atoms with Crippen molar-refractivity contribution in [3.63, 3.8) is 0 Å². The molecular weight excluding hydrogens is 535 g/mol. The molecule has 3 aromatic carbocycles. The number of hydrogen-bond donors (Lipinski definition) is 1. The summed E-state index contributed by atoms with van der Waals surface area (Å²) in [5.41, 5.74) is 2.41. The van der Waals surface area contributed by atoms with E-state index < -0.39 is 11.7 Å². The molecule has 0 spiro atoms. The van der Waals surface area contributed by atoms with Crippen LogP contribution in [0.5, 0.6) is 5.75 Å². The van der Waals surface area contributed by atoms with Gasteiger partial charge in [-0.15, -0.1) is 11.3 Å². The lowest BCUT2D eigenvalue weighted by Crippen LogP contribution is -2.33. The quantitative estimate of drug-likeness (QED) is 0.198. The highest BCUT2D eigenvalue weighted by Crippen LogP contribution is 2.30. The molecule has 210 valence electrons.